The van der Waals surface area contributed by atoms with E-state index in [0.717, 1.165) is 44.1 Å². The molecule has 4 aliphatic carbocycles. The quantitative estimate of drug-likeness (QED) is 0.118. The monoisotopic (exact) mass is 558 g/mol. The van der Waals surface area contributed by atoms with Crippen molar-refractivity contribution in [2.24, 2.45) is 33.9 Å². The number of hydrogen-bond acceptors (Lipinski definition) is 11. The van der Waals surface area contributed by atoms with Crippen LogP contribution < -0.4 is 0 Å². The number of nitrogens with zero attached hydrogens (tertiary/aromatic N) is 2. The van der Waals surface area contributed by atoms with Crippen LogP contribution in [0.25, 0.3) is 0 Å². The number of hydrogen-bond donors (Lipinski definition) is 4. The lowest BCUT2D eigenvalue weighted by atomic mass is 9.67. The van der Waals surface area contributed by atoms with E-state index in [9.17, 15) is 31.0 Å². The summed E-state index contributed by atoms with van der Waals surface area (Å²) in [5.74, 6) is -0.222. The third-order valence-corrected chi connectivity index (χ3v) is 12.1. The van der Waals surface area contributed by atoms with E-state index in [2.05, 4.69) is 15.3 Å². The molecule has 0 spiro atoms. The van der Waals surface area contributed by atoms with Crippen LogP contribution in [0.4, 0.5) is 0 Å². The molecule has 0 aliphatic heterocycles. The fourth-order valence-electron chi connectivity index (χ4n) is 6.98. The van der Waals surface area contributed by atoms with Crippen molar-refractivity contribution in [3.05, 3.63) is 0 Å². The predicted octanol–water partition coefficient (Wildman–Crippen LogP) is 2.91. The zero-order chi connectivity index (χ0) is 25.4. The largest absolute Gasteiger partial charge is 0.389 e. The standard InChI is InChI=1S/C20H34N2O10S3/c23-20-18(35(28,29)30)10-11-9-12(34(25,26)27)5-6-13(11)19(20)22-21-16-7-8-17(33-32-31-24)15-4-2-1-3-14(15)16/h11-20,23-24H,1-10H2,(H,25,26,27)(H,28,29,30). The molecule has 12 nitrogen and oxygen atoms in total. The fourth-order valence-corrected chi connectivity index (χ4v) is 9.76. The van der Waals surface area contributed by atoms with Crippen molar-refractivity contribution in [2.45, 2.75) is 98.1 Å². The Bertz CT molecular complexity index is 978. The van der Waals surface area contributed by atoms with Crippen molar-refractivity contribution in [1.29, 1.82) is 0 Å². The Morgan fingerprint density at radius 3 is 2.17 bits per heavy atom. The first-order valence-corrected chi connectivity index (χ1v) is 16.0. The molecule has 4 aliphatic rings. The van der Waals surface area contributed by atoms with Crippen LogP contribution in [-0.2, 0) is 29.6 Å². The summed E-state index contributed by atoms with van der Waals surface area (Å²) < 4.78 is 71.4. The van der Waals surface area contributed by atoms with Gasteiger partial charge in [-0.1, -0.05) is 17.9 Å². The van der Waals surface area contributed by atoms with Crippen LogP contribution in [0.1, 0.15) is 64.2 Å². The SMILES string of the molecule is O=S(=O)(O)C1CCC2C(C1)CC(S(=O)(=O)O)C(O)C2N=NC1CCC(SOOO)C2CCCCC12. The van der Waals surface area contributed by atoms with E-state index in [4.69, 9.17) is 9.59 Å². The Hall–Kier alpha value is -0.390. The Balaban J connectivity index is 1.54. The van der Waals surface area contributed by atoms with Crippen LogP contribution in [0.5, 0.6) is 0 Å². The Kier molecular flexibility index (Phi) is 8.81. The number of azo groups is 1. The molecule has 0 bridgehead atoms. The van der Waals surface area contributed by atoms with Gasteiger partial charge in [0.1, 0.15) is 11.3 Å². The lowest BCUT2D eigenvalue weighted by molar-refractivity contribution is -0.432. The van der Waals surface area contributed by atoms with Crippen molar-refractivity contribution in [3.8, 4) is 0 Å². The van der Waals surface area contributed by atoms with Crippen LogP contribution in [0.2, 0.25) is 0 Å². The summed E-state index contributed by atoms with van der Waals surface area (Å²) in [6.45, 7) is 0. The van der Waals surface area contributed by atoms with Crippen LogP contribution >= 0.6 is 12.0 Å². The minimum Gasteiger partial charge on any atom is -0.389 e. The zero-order valence-electron chi connectivity index (χ0n) is 19.2. The molecular formula is C20H34N2O10S3. The van der Waals surface area contributed by atoms with Gasteiger partial charge in [-0.05, 0) is 75.0 Å². The second kappa shape index (κ2) is 11.2. The summed E-state index contributed by atoms with van der Waals surface area (Å²) in [6, 6.07) is -0.999. The smallest absolute Gasteiger partial charge is 0.270 e. The summed E-state index contributed by atoms with van der Waals surface area (Å²) in [5, 5.41) is 30.0. The van der Waals surface area contributed by atoms with E-state index < -0.39 is 48.8 Å². The molecule has 202 valence electrons. The third-order valence-electron chi connectivity index (χ3n) is 8.64. The van der Waals surface area contributed by atoms with Gasteiger partial charge in [-0.3, -0.25) is 9.11 Å². The van der Waals surface area contributed by atoms with Gasteiger partial charge in [-0.2, -0.15) is 27.1 Å². The highest BCUT2D eigenvalue weighted by Crippen LogP contribution is 2.48. The normalized spacial score (nSPS) is 43.0. The Morgan fingerprint density at radius 1 is 0.800 bits per heavy atom. The van der Waals surface area contributed by atoms with Gasteiger partial charge in [0.2, 0.25) is 0 Å². The van der Waals surface area contributed by atoms with Crippen molar-refractivity contribution in [2.75, 3.05) is 0 Å². The Morgan fingerprint density at radius 2 is 1.51 bits per heavy atom. The Labute approximate surface area is 209 Å². The maximum atomic E-state index is 12.0. The van der Waals surface area contributed by atoms with E-state index >= 15 is 0 Å². The molecule has 10 atom stereocenters. The van der Waals surface area contributed by atoms with Crippen molar-refractivity contribution >= 4 is 32.3 Å². The average Bonchev–Trinajstić information content (AvgIpc) is 2.80. The van der Waals surface area contributed by atoms with Gasteiger partial charge in [0.25, 0.3) is 20.2 Å². The minimum atomic E-state index is -4.60. The van der Waals surface area contributed by atoms with Crippen LogP contribution in [0.3, 0.4) is 0 Å². The number of aliphatic hydroxyl groups is 1. The van der Waals surface area contributed by atoms with Gasteiger partial charge in [0, 0.05) is 17.3 Å². The molecular weight excluding hydrogens is 524 g/mol. The molecule has 0 saturated heterocycles. The van der Waals surface area contributed by atoms with Crippen LogP contribution in [-0.4, -0.2) is 70.2 Å². The fraction of sp³-hybridized carbons (Fsp3) is 1.00. The maximum Gasteiger partial charge on any atom is 0.270 e. The number of rotatable bonds is 7. The van der Waals surface area contributed by atoms with E-state index in [-0.39, 0.29) is 42.4 Å². The molecule has 4 saturated carbocycles. The lowest BCUT2D eigenvalue weighted by Gasteiger charge is -2.46. The van der Waals surface area contributed by atoms with Gasteiger partial charge < -0.3 is 5.11 Å². The topological polar surface area (TPSA) is 192 Å². The molecule has 0 amide bonds. The first kappa shape index (κ1) is 27.6. The molecule has 4 fully saturated rings. The maximum absolute atomic E-state index is 12.0. The summed E-state index contributed by atoms with van der Waals surface area (Å²) >= 11 is 1.10. The van der Waals surface area contributed by atoms with Gasteiger partial charge in [0.05, 0.1) is 17.4 Å². The van der Waals surface area contributed by atoms with Crippen molar-refractivity contribution < 1.29 is 45.7 Å². The second-order valence-corrected chi connectivity index (χ2v) is 14.7. The first-order valence-electron chi connectivity index (χ1n) is 12.1. The predicted molar refractivity (Wildman–Crippen MR) is 125 cm³/mol. The molecule has 10 unspecified atom stereocenters. The van der Waals surface area contributed by atoms with Gasteiger partial charge in [-0.15, -0.1) is 4.33 Å². The number of aliphatic hydroxyl groups excluding tert-OH is 1. The number of fused-ring (bicyclic) bond motifs is 2. The molecule has 4 N–H and O–H groups in total. The molecule has 0 aromatic carbocycles. The summed E-state index contributed by atoms with van der Waals surface area (Å²) in [5.41, 5.74) is 0. The molecule has 0 heterocycles. The lowest BCUT2D eigenvalue weighted by Crippen LogP contribution is -2.54. The van der Waals surface area contributed by atoms with Gasteiger partial charge in [-0.25, -0.2) is 5.26 Å². The summed E-state index contributed by atoms with van der Waals surface area (Å²) in [7, 11) is -8.88. The van der Waals surface area contributed by atoms with Gasteiger partial charge >= 0.3 is 0 Å². The highest BCUT2D eigenvalue weighted by molar-refractivity contribution is 7.95. The summed E-state index contributed by atoms with van der Waals surface area (Å²) in [4.78, 5) is 0. The van der Waals surface area contributed by atoms with E-state index in [1.165, 1.54) is 0 Å². The second-order valence-electron chi connectivity index (χ2n) is 10.4. The molecule has 0 radical (unpaired) electrons. The molecule has 4 rings (SSSR count). The summed E-state index contributed by atoms with van der Waals surface area (Å²) in [6.07, 6.45) is 4.59. The first-order chi connectivity index (χ1) is 16.5. The van der Waals surface area contributed by atoms with E-state index in [1.807, 2.05) is 0 Å². The van der Waals surface area contributed by atoms with E-state index in [1.54, 1.807) is 0 Å². The molecule has 35 heavy (non-hydrogen) atoms. The average molecular weight is 559 g/mol. The third kappa shape index (κ3) is 6.20. The minimum absolute atomic E-state index is 0.0498. The highest BCUT2D eigenvalue weighted by Gasteiger charge is 2.52. The van der Waals surface area contributed by atoms with Crippen LogP contribution in [0.15, 0.2) is 10.2 Å². The highest BCUT2D eigenvalue weighted by atomic mass is 32.2. The van der Waals surface area contributed by atoms with Gasteiger partial charge in [0.15, 0.2) is 0 Å². The van der Waals surface area contributed by atoms with Crippen molar-refractivity contribution in [3.63, 3.8) is 0 Å². The van der Waals surface area contributed by atoms with Crippen LogP contribution in [0, 0.1) is 23.7 Å². The zero-order valence-corrected chi connectivity index (χ0v) is 21.7. The molecule has 15 heteroatoms. The van der Waals surface area contributed by atoms with Crippen molar-refractivity contribution in [1.82, 2.24) is 0 Å². The van der Waals surface area contributed by atoms with E-state index in [0.29, 0.717) is 18.8 Å². The molecule has 0 aromatic heterocycles. The molecule has 0 aromatic rings.